The molecule has 3 N–H and O–H groups in total. The molecule has 6 fully saturated rings. The summed E-state index contributed by atoms with van der Waals surface area (Å²) in [7, 11) is 4.54. The number of halogens is 20. The number of ether oxygens (including phenoxy) is 3. The summed E-state index contributed by atoms with van der Waals surface area (Å²) in [5, 5.41) is 29.6. The number of hydrogen-bond donors (Lipinski definition) is 3. The van der Waals surface area contributed by atoms with E-state index in [1.54, 1.807) is 129 Å². The molecule has 12 aromatic carbocycles. The SMILES string of the molecule is COc1ccc(C2(c3ccccc3Cl)CCC(F)(F)CC2)cc1.COc1ccc(C2(c3ccccc3F)CCC(F)(F)CC2)cc1.COc1ccc(C2(c3ccccc3F)CCC(F)(F)CC2)cc1F.Oc1ccc(C2(c3ccccc3Cl)CCC(F)(F)CC2)cc1.Oc1ccc(C2(c3ccccc3F)CCC(F)(F)CC2)cc1.Oc1ccc(C2(c3ccccc3F)CCC(F)(F)CC2)cc1F. The summed E-state index contributed by atoms with van der Waals surface area (Å²) in [6, 6.07) is 76.4. The molecule has 6 aliphatic carbocycles. The molecular formula is C111H106Cl2F18O6. The Kier molecular flexibility index (Phi) is 32.1. The minimum atomic E-state index is -2.79. The highest BCUT2D eigenvalue weighted by Gasteiger charge is 2.53. The molecule has 6 aliphatic rings. The van der Waals surface area contributed by atoms with Crippen molar-refractivity contribution in [2.24, 2.45) is 0 Å². The zero-order valence-corrected chi connectivity index (χ0v) is 77.2. The van der Waals surface area contributed by atoms with Crippen LogP contribution >= 0.6 is 23.2 Å². The summed E-state index contributed by atoms with van der Waals surface area (Å²) in [6.07, 6.45) is -0.557. The van der Waals surface area contributed by atoms with Crippen LogP contribution in [0, 0.1) is 34.9 Å². The summed E-state index contributed by atoms with van der Waals surface area (Å²) in [4.78, 5) is 0. The third-order valence-corrected chi connectivity index (χ3v) is 29.3. The maximum absolute atomic E-state index is 14.4. The quantitative estimate of drug-likeness (QED) is 0.0887. The number of phenols is 3. The summed E-state index contributed by atoms with van der Waals surface area (Å²) in [6.45, 7) is 0. The van der Waals surface area contributed by atoms with Crippen LogP contribution in [0.5, 0.6) is 34.5 Å². The van der Waals surface area contributed by atoms with E-state index in [0.29, 0.717) is 74.9 Å². The second-order valence-corrected chi connectivity index (χ2v) is 37.4. The monoisotopic (exact) mass is 1950 g/mol. The average molecular weight is 1950 g/mol. The number of phenolic OH excluding ortho intramolecular Hbond substituents is 3. The van der Waals surface area contributed by atoms with Gasteiger partial charge in [-0.2, -0.15) is 0 Å². The van der Waals surface area contributed by atoms with E-state index >= 15 is 0 Å². The molecule has 0 atom stereocenters. The van der Waals surface area contributed by atoms with Crippen LogP contribution in [0.2, 0.25) is 10.0 Å². The van der Waals surface area contributed by atoms with E-state index < -0.39 is 97.0 Å². The van der Waals surface area contributed by atoms with Gasteiger partial charge in [0.1, 0.15) is 46.3 Å². The van der Waals surface area contributed by atoms with E-state index in [9.17, 15) is 94.3 Å². The molecule has 137 heavy (non-hydrogen) atoms. The van der Waals surface area contributed by atoms with Gasteiger partial charge in [-0.1, -0.05) is 193 Å². The van der Waals surface area contributed by atoms with Crippen molar-refractivity contribution < 1.29 is 109 Å². The van der Waals surface area contributed by atoms with Gasteiger partial charge in [-0.05, 0) is 253 Å². The second kappa shape index (κ2) is 42.6. The van der Waals surface area contributed by atoms with Gasteiger partial charge in [0.15, 0.2) is 23.1 Å². The molecule has 6 saturated carbocycles. The van der Waals surface area contributed by atoms with Crippen LogP contribution in [0.15, 0.2) is 279 Å². The molecule has 0 aliphatic heterocycles. The molecule has 0 amide bonds. The van der Waals surface area contributed by atoms with E-state index in [-0.39, 0.29) is 157 Å². The topological polar surface area (TPSA) is 88.4 Å². The maximum Gasteiger partial charge on any atom is 0.248 e. The predicted octanol–water partition coefficient (Wildman–Crippen LogP) is 32.4. The Hall–Kier alpha value is -11.2. The van der Waals surface area contributed by atoms with E-state index in [2.05, 4.69) is 0 Å². The standard InChI is InChI=1S/C19H19ClF2O.C19H18F4O.C19H19F3O.C18H17ClF2O.C18H16F4O.C18H17F3O/c1-23-15-8-6-14(7-9-15)18(10-12-19(21,22)13-11-18)16-4-2-3-5-17(16)20;1-24-17-7-6-13(12-16(17)21)18(8-10-19(22,23)11-9-18)14-4-2-3-5-15(14)20;1-23-15-8-6-14(7-9-15)18(10-12-19(21,22)13-11-18)16-4-2-3-5-17(16)20;19-16-4-2-1-3-15(16)17(9-11-18(20,21)12-10-17)13-5-7-14(22)8-6-13;19-14-4-2-1-3-13(14)17(7-9-18(21,22)10-8-17)12-5-6-16(23)15(20)11-12;19-16-4-2-1-3-15(16)17(9-11-18(20,21)12-10-17)13-5-7-14(22)8-6-13/h2-9H,10-13H2,1H3;2-7,12H,8-11H2,1H3;2-9H,10-13H2,1H3;1-8,22H,9-12H2;1-6,11,23H,7-10H2;1-8,22H,9-12H2. The summed E-state index contributed by atoms with van der Waals surface area (Å²) >= 11 is 12.8. The minimum absolute atomic E-state index is 0.0190. The fraction of sp³-hybridized carbons (Fsp3) is 0.351. The molecule has 26 heteroatoms. The van der Waals surface area contributed by atoms with Crippen molar-refractivity contribution in [2.45, 2.75) is 222 Å². The second-order valence-electron chi connectivity index (χ2n) is 36.6. The van der Waals surface area contributed by atoms with Crippen LogP contribution in [0.25, 0.3) is 0 Å². The van der Waals surface area contributed by atoms with Crippen LogP contribution in [-0.4, -0.2) is 72.2 Å². The summed E-state index contributed by atoms with van der Waals surface area (Å²) in [5.41, 5.74) is 3.46. The highest BCUT2D eigenvalue weighted by Crippen LogP contribution is 2.58. The van der Waals surface area contributed by atoms with Gasteiger partial charge in [0.2, 0.25) is 35.5 Å². The molecule has 0 heterocycles. The number of alkyl halides is 12. The molecule has 6 nitrogen and oxygen atoms in total. The third-order valence-electron chi connectivity index (χ3n) is 28.7. The lowest BCUT2D eigenvalue weighted by molar-refractivity contribution is -0.0479. The van der Waals surface area contributed by atoms with Crippen molar-refractivity contribution in [3.05, 3.63) is 391 Å². The van der Waals surface area contributed by atoms with Gasteiger partial charge >= 0.3 is 0 Å². The maximum atomic E-state index is 14.4. The summed E-state index contributed by atoms with van der Waals surface area (Å²) in [5.74, 6) is -17.9. The molecule has 0 unspecified atom stereocenters. The number of methoxy groups -OCH3 is 3. The van der Waals surface area contributed by atoms with Crippen LogP contribution in [0.1, 0.15) is 221 Å². The molecule has 0 spiro atoms. The molecule has 0 aromatic heterocycles. The van der Waals surface area contributed by atoms with Crippen LogP contribution in [-0.2, 0) is 32.5 Å². The summed E-state index contributed by atoms with van der Waals surface area (Å²) < 4.78 is 265. The number of benzene rings is 12. The molecule has 726 valence electrons. The van der Waals surface area contributed by atoms with Crippen LogP contribution in [0.3, 0.4) is 0 Å². The van der Waals surface area contributed by atoms with E-state index in [4.69, 9.17) is 37.4 Å². The average Bonchev–Trinajstić information content (AvgIpc) is 0.846. The van der Waals surface area contributed by atoms with Gasteiger partial charge in [0, 0.05) is 120 Å². The fourth-order valence-electron chi connectivity index (χ4n) is 20.8. The van der Waals surface area contributed by atoms with Crippen molar-refractivity contribution in [1.82, 2.24) is 0 Å². The molecule has 12 aromatic rings. The normalized spacial score (nSPS) is 19.4. The number of hydrogen-bond acceptors (Lipinski definition) is 6. The van der Waals surface area contributed by atoms with Crippen LogP contribution < -0.4 is 14.2 Å². The van der Waals surface area contributed by atoms with E-state index in [1.807, 2.05) is 91.0 Å². The highest BCUT2D eigenvalue weighted by molar-refractivity contribution is 6.32. The molecule has 0 radical (unpaired) electrons. The Morgan fingerprint density at radius 1 is 0.212 bits per heavy atom. The first-order chi connectivity index (χ1) is 65.0. The Morgan fingerprint density at radius 3 is 0.642 bits per heavy atom. The lowest BCUT2D eigenvalue weighted by Crippen LogP contribution is -2.38. The predicted molar refractivity (Wildman–Crippen MR) is 497 cm³/mol. The van der Waals surface area contributed by atoms with Gasteiger partial charge in [-0.15, -0.1) is 0 Å². The first-order valence-corrected chi connectivity index (χ1v) is 46.3. The largest absolute Gasteiger partial charge is 0.508 e. The Morgan fingerprint density at radius 2 is 0.416 bits per heavy atom. The van der Waals surface area contributed by atoms with Crippen LogP contribution in [0.4, 0.5) is 79.0 Å². The van der Waals surface area contributed by atoms with Crippen molar-refractivity contribution in [1.29, 1.82) is 0 Å². The number of rotatable bonds is 15. The van der Waals surface area contributed by atoms with Crippen molar-refractivity contribution in [3.8, 4) is 34.5 Å². The first-order valence-electron chi connectivity index (χ1n) is 45.5. The van der Waals surface area contributed by atoms with Crippen molar-refractivity contribution in [2.75, 3.05) is 21.3 Å². The molecule has 0 saturated heterocycles. The molecular weight excluding hydrogens is 1840 g/mol. The zero-order valence-electron chi connectivity index (χ0n) is 75.7. The smallest absolute Gasteiger partial charge is 0.248 e. The van der Waals surface area contributed by atoms with Crippen molar-refractivity contribution >= 4 is 23.2 Å². The van der Waals surface area contributed by atoms with E-state index in [1.165, 1.54) is 73.8 Å². The number of aromatic hydroxyl groups is 3. The van der Waals surface area contributed by atoms with E-state index in [0.717, 1.165) is 45.2 Å². The lowest BCUT2D eigenvalue weighted by atomic mass is 9.64. The minimum Gasteiger partial charge on any atom is -0.508 e. The lowest BCUT2D eigenvalue weighted by Gasteiger charge is -2.41. The highest BCUT2D eigenvalue weighted by atomic mass is 35.5. The van der Waals surface area contributed by atoms with Gasteiger partial charge in [-0.25, -0.2) is 79.0 Å². The van der Waals surface area contributed by atoms with Gasteiger partial charge in [-0.3, -0.25) is 0 Å². The molecule has 0 bridgehead atoms. The Bertz CT molecular complexity index is 5760. The zero-order chi connectivity index (χ0) is 98.6. The Labute approximate surface area is 796 Å². The first kappa shape index (κ1) is 103. The van der Waals surface area contributed by atoms with Gasteiger partial charge in [0.25, 0.3) is 0 Å². The van der Waals surface area contributed by atoms with Gasteiger partial charge in [0.05, 0.1) is 21.3 Å². The fourth-order valence-corrected chi connectivity index (χ4v) is 21.4. The third kappa shape index (κ3) is 23.5. The van der Waals surface area contributed by atoms with Gasteiger partial charge < -0.3 is 29.5 Å². The van der Waals surface area contributed by atoms with Crippen molar-refractivity contribution in [3.63, 3.8) is 0 Å². The Balaban J connectivity index is 0.000000139. The molecule has 18 rings (SSSR count).